The molecule has 1 saturated heterocycles. The van der Waals surface area contributed by atoms with Crippen molar-refractivity contribution in [3.8, 4) is 0 Å². The van der Waals surface area contributed by atoms with Crippen LogP contribution in [0.2, 0.25) is 5.02 Å². The Bertz CT molecular complexity index is 1260. The van der Waals surface area contributed by atoms with Crippen LogP contribution in [-0.2, 0) is 21.2 Å². The third kappa shape index (κ3) is 5.58. The number of hydrogen-bond acceptors (Lipinski definition) is 4. The summed E-state index contributed by atoms with van der Waals surface area (Å²) in [6.07, 6.45) is 4.89. The van der Waals surface area contributed by atoms with E-state index in [0.29, 0.717) is 24.0 Å². The Morgan fingerprint density at radius 2 is 1.79 bits per heavy atom. The van der Waals surface area contributed by atoms with Gasteiger partial charge in [0.05, 0.1) is 22.7 Å². The number of piperidine rings is 1. The molecule has 1 aromatic heterocycles. The number of likely N-dealkylation sites (tertiary alicyclic amines) is 1. The largest absolute Gasteiger partial charge is 0.343 e. The monoisotopic (exact) mass is 487 g/mol. The number of rotatable bonds is 7. The second-order valence-corrected chi connectivity index (χ2v) is 11.5. The van der Waals surface area contributed by atoms with E-state index in [1.807, 2.05) is 18.2 Å². The molecule has 2 aromatic carbocycles. The number of imidazole rings is 1. The molecule has 1 aliphatic heterocycles. The third-order valence-corrected chi connectivity index (χ3v) is 8.76. The molecule has 1 aliphatic rings. The van der Waals surface area contributed by atoms with Gasteiger partial charge in [-0.1, -0.05) is 23.7 Å². The van der Waals surface area contributed by atoms with Crippen LogP contribution >= 0.6 is 11.6 Å². The van der Waals surface area contributed by atoms with Crippen molar-refractivity contribution in [1.29, 1.82) is 0 Å². The Kier molecular flexibility index (Phi) is 7.10. The van der Waals surface area contributed by atoms with Crippen LogP contribution in [0.4, 0.5) is 0 Å². The Morgan fingerprint density at radius 1 is 1.09 bits per heavy atom. The number of aromatic nitrogens is 2. The van der Waals surface area contributed by atoms with E-state index in [4.69, 9.17) is 11.6 Å². The Morgan fingerprint density at radius 3 is 2.48 bits per heavy atom. The van der Waals surface area contributed by atoms with Crippen LogP contribution in [0.15, 0.2) is 47.6 Å². The summed E-state index contributed by atoms with van der Waals surface area (Å²) < 4.78 is 27.8. The zero-order chi connectivity index (χ0) is 23.6. The van der Waals surface area contributed by atoms with E-state index in [1.165, 1.54) is 5.69 Å². The van der Waals surface area contributed by atoms with Gasteiger partial charge < -0.3 is 9.47 Å². The summed E-state index contributed by atoms with van der Waals surface area (Å²) in [5, 5.41) is 2.31. The number of fused-ring (bicyclic) bond motifs is 1. The van der Waals surface area contributed by atoms with Crippen molar-refractivity contribution in [2.75, 3.05) is 18.8 Å². The molecule has 0 saturated carbocycles. The molecule has 0 aliphatic carbocycles. The fraction of sp³-hybridized carbons (Fsp3) is 0.440. The van der Waals surface area contributed by atoms with E-state index in [9.17, 15) is 13.2 Å². The van der Waals surface area contributed by atoms with Crippen LogP contribution in [-0.4, -0.2) is 47.6 Å². The molecule has 2 heterocycles. The Balaban J connectivity index is 1.27. The highest BCUT2D eigenvalue weighted by Crippen LogP contribution is 2.25. The molecule has 0 unspecified atom stereocenters. The van der Waals surface area contributed by atoms with Crippen LogP contribution < -0.4 is 0 Å². The first kappa shape index (κ1) is 23.8. The fourth-order valence-electron chi connectivity index (χ4n) is 4.45. The molecule has 4 rings (SSSR count). The smallest absolute Gasteiger partial charge is 0.223 e. The molecule has 1 amide bonds. The summed E-state index contributed by atoms with van der Waals surface area (Å²) in [6, 6.07) is 10.4. The Hall–Kier alpha value is -2.38. The summed E-state index contributed by atoms with van der Waals surface area (Å²) in [4.78, 5) is 19.1. The normalized spacial score (nSPS) is 15.3. The van der Waals surface area contributed by atoms with Gasteiger partial charge in [0.1, 0.15) is 0 Å². The minimum absolute atomic E-state index is 0.0131. The van der Waals surface area contributed by atoms with Crippen LogP contribution in [0.1, 0.15) is 37.1 Å². The molecule has 33 heavy (non-hydrogen) atoms. The number of halogens is 1. The molecule has 8 heteroatoms. The quantitative estimate of drug-likeness (QED) is 0.480. The van der Waals surface area contributed by atoms with Crippen molar-refractivity contribution in [2.24, 2.45) is 5.92 Å². The van der Waals surface area contributed by atoms with E-state index in [0.717, 1.165) is 42.3 Å². The van der Waals surface area contributed by atoms with Crippen molar-refractivity contribution >= 4 is 38.1 Å². The number of carbonyl (C=O) groups excluding carboxylic acids is 1. The first-order valence-corrected chi connectivity index (χ1v) is 13.4. The first-order valence-electron chi connectivity index (χ1n) is 11.4. The maximum absolute atomic E-state index is 12.8. The maximum atomic E-state index is 12.8. The SMILES string of the molecule is Cc1ncn(CCC2CCN(C(=O)CCS(=O)(=O)c3ccc4cc(Cl)ccc4c3)CC2)c1C. The number of amides is 1. The van der Waals surface area contributed by atoms with Gasteiger partial charge in [-0.15, -0.1) is 0 Å². The summed E-state index contributed by atoms with van der Waals surface area (Å²) >= 11 is 6.00. The van der Waals surface area contributed by atoms with Crippen molar-refractivity contribution in [3.05, 3.63) is 59.1 Å². The number of hydrogen-bond donors (Lipinski definition) is 0. The minimum atomic E-state index is -3.54. The lowest BCUT2D eigenvalue weighted by molar-refractivity contribution is -0.132. The number of sulfone groups is 1. The molecule has 0 N–H and O–H groups in total. The molecule has 0 radical (unpaired) electrons. The van der Waals surface area contributed by atoms with Gasteiger partial charge in [0, 0.05) is 36.8 Å². The lowest BCUT2D eigenvalue weighted by atomic mass is 9.93. The van der Waals surface area contributed by atoms with Crippen LogP contribution in [0.3, 0.4) is 0 Å². The van der Waals surface area contributed by atoms with Gasteiger partial charge in [-0.05, 0) is 74.1 Å². The van der Waals surface area contributed by atoms with Gasteiger partial charge in [-0.3, -0.25) is 4.79 Å². The topological polar surface area (TPSA) is 72.3 Å². The fourth-order valence-corrected chi connectivity index (χ4v) is 5.89. The summed E-state index contributed by atoms with van der Waals surface area (Å²) in [5.74, 6) is 0.320. The lowest BCUT2D eigenvalue weighted by Crippen LogP contribution is -2.39. The molecule has 176 valence electrons. The van der Waals surface area contributed by atoms with Crippen LogP contribution in [0.5, 0.6) is 0 Å². The zero-order valence-corrected chi connectivity index (χ0v) is 20.7. The molecule has 1 fully saturated rings. The number of aryl methyl sites for hydroxylation is 2. The van der Waals surface area contributed by atoms with E-state index < -0.39 is 9.84 Å². The number of benzene rings is 2. The molecule has 0 spiro atoms. The summed E-state index contributed by atoms with van der Waals surface area (Å²) in [5.41, 5.74) is 2.28. The molecule has 0 atom stereocenters. The standard InChI is InChI=1S/C25H30ClN3O3S/c1-18-19(2)29(17-27-18)13-9-20-7-11-28(12-8-20)25(30)10-14-33(31,32)24-6-4-21-15-23(26)5-3-22(21)16-24/h3-6,15-17,20H,7-14H2,1-2H3. The summed E-state index contributed by atoms with van der Waals surface area (Å²) in [7, 11) is -3.54. The third-order valence-electron chi connectivity index (χ3n) is 6.81. The molecule has 6 nitrogen and oxygen atoms in total. The van der Waals surface area contributed by atoms with Gasteiger partial charge in [0.2, 0.25) is 5.91 Å². The second kappa shape index (κ2) is 9.85. The number of nitrogens with zero attached hydrogens (tertiary/aromatic N) is 3. The molecule has 0 bridgehead atoms. The molecule has 3 aromatic rings. The maximum Gasteiger partial charge on any atom is 0.223 e. The molecular weight excluding hydrogens is 458 g/mol. The highest BCUT2D eigenvalue weighted by Gasteiger charge is 2.25. The van der Waals surface area contributed by atoms with Crippen molar-refractivity contribution in [2.45, 2.75) is 51.0 Å². The van der Waals surface area contributed by atoms with E-state index >= 15 is 0 Å². The zero-order valence-electron chi connectivity index (χ0n) is 19.1. The van der Waals surface area contributed by atoms with Gasteiger partial charge in [-0.25, -0.2) is 13.4 Å². The molecular formula is C25H30ClN3O3S. The van der Waals surface area contributed by atoms with E-state index in [1.54, 1.807) is 36.4 Å². The van der Waals surface area contributed by atoms with Gasteiger partial charge >= 0.3 is 0 Å². The van der Waals surface area contributed by atoms with Crippen LogP contribution in [0.25, 0.3) is 10.8 Å². The lowest BCUT2D eigenvalue weighted by Gasteiger charge is -2.32. The average molecular weight is 488 g/mol. The van der Waals surface area contributed by atoms with Crippen molar-refractivity contribution in [3.63, 3.8) is 0 Å². The van der Waals surface area contributed by atoms with Crippen molar-refractivity contribution in [1.82, 2.24) is 14.5 Å². The predicted octanol–water partition coefficient (Wildman–Crippen LogP) is 4.80. The second-order valence-electron chi connectivity index (χ2n) is 8.94. The first-order chi connectivity index (χ1) is 15.7. The highest BCUT2D eigenvalue weighted by molar-refractivity contribution is 7.91. The highest BCUT2D eigenvalue weighted by atomic mass is 35.5. The van der Waals surface area contributed by atoms with Gasteiger partial charge in [0.15, 0.2) is 9.84 Å². The summed E-state index contributed by atoms with van der Waals surface area (Å²) in [6.45, 7) is 6.45. The average Bonchev–Trinajstić information content (AvgIpc) is 3.13. The van der Waals surface area contributed by atoms with E-state index in [2.05, 4.69) is 16.5 Å². The predicted molar refractivity (Wildman–Crippen MR) is 131 cm³/mol. The Labute approximate surface area is 200 Å². The van der Waals surface area contributed by atoms with Crippen LogP contribution in [0, 0.1) is 19.8 Å². The number of carbonyl (C=O) groups is 1. The van der Waals surface area contributed by atoms with Crippen molar-refractivity contribution < 1.29 is 13.2 Å². The minimum Gasteiger partial charge on any atom is -0.343 e. The van der Waals surface area contributed by atoms with E-state index in [-0.39, 0.29) is 23.0 Å². The van der Waals surface area contributed by atoms with Gasteiger partial charge in [-0.2, -0.15) is 0 Å². The van der Waals surface area contributed by atoms with Gasteiger partial charge in [0.25, 0.3) is 0 Å².